The van der Waals surface area contributed by atoms with E-state index >= 15 is 0 Å². The zero-order valence-electron chi connectivity index (χ0n) is 22.6. The van der Waals surface area contributed by atoms with Crippen LogP contribution in [0.3, 0.4) is 0 Å². The molecule has 0 bridgehead atoms. The largest absolute Gasteiger partial charge is 0.469 e. The van der Waals surface area contributed by atoms with Crippen molar-refractivity contribution < 1.29 is 19.1 Å². The molecule has 0 saturated carbocycles. The third-order valence-electron chi connectivity index (χ3n) is 7.83. The Labute approximate surface area is 222 Å². The van der Waals surface area contributed by atoms with Crippen LogP contribution in [0.2, 0.25) is 0 Å². The Morgan fingerprint density at radius 2 is 1.43 bits per heavy atom. The first-order chi connectivity index (χ1) is 18.1. The van der Waals surface area contributed by atoms with E-state index in [1.54, 1.807) is 0 Å². The zero-order valence-corrected chi connectivity index (χ0v) is 22.6. The highest BCUT2D eigenvalue weighted by Gasteiger charge is 2.32. The van der Waals surface area contributed by atoms with Crippen molar-refractivity contribution in [3.63, 3.8) is 0 Å². The summed E-state index contributed by atoms with van der Waals surface area (Å²) in [4.78, 5) is 35.4. The maximum absolute atomic E-state index is 12.4. The average molecular weight is 516 g/mol. The van der Waals surface area contributed by atoms with E-state index in [4.69, 9.17) is 9.47 Å². The predicted octanol–water partition coefficient (Wildman–Crippen LogP) is 1.98. The number of hydrogen-bond donors (Lipinski definition) is 0. The van der Waals surface area contributed by atoms with Crippen LogP contribution < -0.4 is 0 Å². The second-order valence-electron chi connectivity index (χ2n) is 10.6. The number of unbranched alkanes of at least 4 members (excludes halogenated alkanes) is 1. The molecule has 9 heteroatoms. The third-order valence-corrected chi connectivity index (χ3v) is 7.83. The van der Waals surface area contributed by atoms with Gasteiger partial charge in [0.15, 0.2) is 0 Å². The van der Waals surface area contributed by atoms with Crippen LogP contribution in [-0.4, -0.2) is 135 Å². The summed E-state index contributed by atoms with van der Waals surface area (Å²) >= 11 is 0. The van der Waals surface area contributed by atoms with Crippen LogP contribution in [-0.2, 0) is 20.8 Å². The Morgan fingerprint density at radius 3 is 2.11 bits per heavy atom. The smallest absolute Gasteiger partial charge is 0.410 e. The van der Waals surface area contributed by atoms with Gasteiger partial charge in [0.2, 0.25) is 0 Å². The van der Waals surface area contributed by atoms with Gasteiger partial charge < -0.3 is 24.2 Å². The van der Waals surface area contributed by atoms with Gasteiger partial charge in [-0.1, -0.05) is 30.3 Å². The van der Waals surface area contributed by atoms with Crippen molar-refractivity contribution in [1.82, 2.24) is 24.5 Å². The van der Waals surface area contributed by atoms with Gasteiger partial charge >= 0.3 is 12.1 Å². The molecule has 0 N–H and O–H groups in total. The highest BCUT2D eigenvalue weighted by Crippen LogP contribution is 2.15. The van der Waals surface area contributed by atoms with Gasteiger partial charge in [-0.3, -0.25) is 14.6 Å². The van der Waals surface area contributed by atoms with Crippen molar-refractivity contribution in [2.75, 3.05) is 92.2 Å². The van der Waals surface area contributed by atoms with Crippen LogP contribution in [0.5, 0.6) is 0 Å². The summed E-state index contributed by atoms with van der Waals surface area (Å²) < 4.78 is 10.4. The van der Waals surface area contributed by atoms with Crippen molar-refractivity contribution in [2.45, 2.75) is 38.3 Å². The molecule has 3 aliphatic heterocycles. The predicted molar refractivity (Wildman–Crippen MR) is 143 cm³/mol. The fourth-order valence-corrected chi connectivity index (χ4v) is 5.54. The van der Waals surface area contributed by atoms with Crippen LogP contribution in [0.25, 0.3) is 0 Å². The minimum absolute atomic E-state index is 0.0314. The van der Waals surface area contributed by atoms with Gasteiger partial charge in [-0.05, 0) is 37.9 Å². The number of cyclic esters (lactones) is 1. The van der Waals surface area contributed by atoms with Gasteiger partial charge in [0.05, 0.1) is 13.7 Å². The van der Waals surface area contributed by atoms with Gasteiger partial charge in [0.1, 0.15) is 6.10 Å². The minimum atomic E-state index is -0.152. The molecule has 9 nitrogen and oxygen atoms in total. The van der Waals surface area contributed by atoms with E-state index in [2.05, 4.69) is 49.9 Å². The van der Waals surface area contributed by atoms with E-state index in [1.807, 2.05) is 4.90 Å². The number of benzene rings is 1. The lowest BCUT2D eigenvalue weighted by molar-refractivity contribution is -0.140. The Hall–Kier alpha value is -2.20. The van der Waals surface area contributed by atoms with E-state index in [0.29, 0.717) is 13.0 Å². The first-order valence-corrected chi connectivity index (χ1v) is 14.0. The molecule has 0 radical (unpaired) electrons. The van der Waals surface area contributed by atoms with Crippen LogP contribution in [0.1, 0.15) is 31.2 Å². The maximum Gasteiger partial charge on any atom is 0.410 e. The number of methoxy groups -OCH3 is 1. The summed E-state index contributed by atoms with van der Waals surface area (Å²) in [5.74, 6) is -0.136. The monoisotopic (exact) mass is 515 g/mol. The molecule has 0 aliphatic carbocycles. The molecule has 3 heterocycles. The van der Waals surface area contributed by atoms with E-state index < -0.39 is 0 Å². The number of piperazine rings is 2. The molecule has 1 atom stereocenters. The summed E-state index contributed by atoms with van der Waals surface area (Å²) in [7, 11) is 1.44. The average Bonchev–Trinajstić information content (AvgIpc) is 3.27. The second kappa shape index (κ2) is 14.7. The first kappa shape index (κ1) is 27.8. The van der Waals surface area contributed by atoms with Crippen molar-refractivity contribution in [3.8, 4) is 0 Å². The summed E-state index contributed by atoms with van der Waals surface area (Å²) in [6, 6.07) is 10.7. The van der Waals surface area contributed by atoms with Gasteiger partial charge in [-0.15, -0.1) is 0 Å². The molecule has 206 valence electrons. The van der Waals surface area contributed by atoms with Crippen molar-refractivity contribution in [2.24, 2.45) is 0 Å². The summed E-state index contributed by atoms with van der Waals surface area (Å²) in [5.41, 5.74) is 1.39. The third kappa shape index (κ3) is 9.25. The fourth-order valence-electron chi connectivity index (χ4n) is 5.54. The standard InChI is InChI=1S/C28H45N5O4/c1-36-27(34)10-7-12-30-16-20-32(21-17-30)23-26-24-33(28(35)37-26)13-6-5-11-29-14-18-31(19-15-29)22-25-8-3-2-4-9-25/h2-4,8-9,26H,5-7,10-24H2,1H3. The zero-order chi connectivity index (χ0) is 25.9. The molecular formula is C28H45N5O4. The SMILES string of the molecule is COC(=O)CCCN1CCN(CC2CN(CCCCN3CCN(Cc4ccccc4)CC3)C(=O)O2)CC1. The summed E-state index contributed by atoms with van der Waals surface area (Å²) in [5, 5.41) is 0. The van der Waals surface area contributed by atoms with Crippen molar-refractivity contribution in [1.29, 1.82) is 0 Å². The molecule has 1 amide bonds. The lowest BCUT2D eigenvalue weighted by Gasteiger charge is -2.35. The van der Waals surface area contributed by atoms with E-state index in [-0.39, 0.29) is 18.2 Å². The minimum Gasteiger partial charge on any atom is -0.469 e. The van der Waals surface area contributed by atoms with Gasteiger partial charge in [0.25, 0.3) is 0 Å². The number of ether oxygens (including phenoxy) is 2. The number of nitrogens with zero attached hydrogens (tertiary/aromatic N) is 5. The van der Waals surface area contributed by atoms with Gasteiger partial charge in [0, 0.05) is 78.4 Å². The fraction of sp³-hybridized carbons (Fsp3) is 0.714. The Morgan fingerprint density at radius 1 is 0.838 bits per heavy atom. The quantitative estimate of drug-likeness (QED) is 0.292. The number of carbonyl (C=O) groups excluding carboxylic acids is 2. The molecule has 4 rings (SSSR count). The second-order valence-corrected chi connectivity index (χ2v) is 10.6. The Bertz CT molecular complexity index is 825. The van der Waals surface area contributed by atoms with E-state index in [0.717, 1.165) is 104 Å². The van der Waals surface area contributed by atoms with Crippen molar-refractivity contribution >= 4 is 12.1 Å². The van der Waals surface area contributed by atoms with Crippen LogP contribution in [0.4, 0.5) is 4.79 Å². The molecule has 1 aromatic carbocycles. The highest BCUT2D eigenvalue weighted by molar-refractivity contribution is 5.70. The molecule has 0 spiro atoms. The maximum atomic E-state index is 12.4. The number of carbonyl (C=O) groups is 2. The number of amides is 1. The first-order valence-electron chi connectivity index (χ1n) is 14.0. The van der Waals surface area contributed by atoms with Crippen LogP contribution in [0.15, 0.2) is 30.3 Å². The molecular weight excluding hydrogens is 470 g/mol. The lowest BCUT2D eigenvalue weighted by Crippen LogP contribution is -2.49. The van der Waals surface area contributed by atoms with Gasteiger partial charge in [-0.2, -0.15) is 0 Å². The topological polar surface area (TPSA) is 68.8 Å². The molecule has 0 aromatic heterocycles. The lowest BCUT2D eigenvalue weighted by atomic mass is 10.2. The number of hydrogen-bond acceptors (Lipinski definition) is 8. The highest BCUT2D eigenvalue weighted by atomic mass is 16.6. The van der Waals surface area contributed by atoms with Crippen LogP contribution in [0, 0.1) is 0 Å². The number of rotatable bonds is 13. The molecule has 3 fully saturated rings. The molecule has 1 aromatic rings. The summed E-state index contributed by atoms with van der Waals surface area (Å²) in [6.45, 7) is 13.8. The molecule has 3 saturated heterocycles. The molecule has 1 unspecified atom stereocenters. The van der Waals surface area contributed by atoms with Crippen molar-refractivity contribution in [3.05, 3.63) is 35.9 Å². The normalized spacial score (nSPS) is 22.4. The number of esters is 1. The van der Waals surface area contributed by atoms with Crippen LogP contribution >= 0.6 is 0 Å². The summed E-state index contributed by atoms with van der Waals surface area (Å²) in [6.07, 6.45) is 3.28. The Balaban J connectivity index is 1.03. The molecule has 37 heavy (non-hydrogen) atoms. The van der Waals surface area contributed by atoms with Gasteiger partial charge in [-0.25, -0.2) is 4.79 Å². The van der Waals surface area contributed by atoms with E-state index in [9.17, 15) is 9.59 Å². The Kier molecular flexibility index (Phi) is 11.0. The molecule has 3 aliphatic rings. The van der Waals surface area contributed by atoms with E-state index in [1.165, 1.54) is 12.7 Å².